The average Bonchev–Trinajstić information content (AvgIpc) is 2.24. The third-order valence-corrected chi connectivity index (χ3v) is 1.72. The first-order chi connectivity index (χ1) is 7.72. The van der Waals surface area contributed by atoms with E-state index in [1.165, 1.54) is 0 Å². The highest BCUT2D eigenvalue weighted by Crippen LogP contribution is 2.11. The highest BCUT2D eigenvalue weighted by Gasteiger charge is 2.00. The van der Waals surface area contributed by atoms with Crippen LogP contribution in [0.25, 0.3) is 0 Å². The van der Waals surface area contributed by atoms with Crippen molar-refractivity contribution in [1.29, 1.82) is 0 Å². The predicted molar refractivity (Wildman–Crippen MR) is 59.4 cm³/mol. The van der Waals surface area contributed by atoms with E-state index in [9.17, 15) is 4.79 Å². The Bertz CT molecular complexity index is 344. The van der Waals surface area contributed by atoms with Crippen LogP contribution in [0.2, 0.25) is 0 Å². The molecule has 0 unspecified atom stereocenters. The van der Waals surface area contributed by atoms with Crippen LogP contribution in [-0.4, -0.2) is 31.3 Å². The van der Waals surface area contributed by atoms with E-state index >= 15 is 0 Å². The SMILES string of the molecule is COCCCOc1cccc(NC(N)=O)n1. The molecule has 0 fully saturated rings. The van der Waals surface area contributed by atoms with Gasteiger partial charge in [0.15, 0.2) is 0 Å². The molecule has 0 aliphatic carbocycles. The zero-order valence-electron chi connectivity index (χ0n) is 9.10. The molecule has 0 spiro atoms. The van der Waals surface area contributed by atoms with Gasteiger partial charge in [0.2, 0.25) is 5.88 Å². The molecule has 0 aromatic carbocycles. The van der Waals surface area contributed by atoms with Crippen LogP contribution < -0.4 is 15.8 Å². The molecule has 1 heterocycles. The molecule has 0 atom stereocenters. The lowest BCUT2D eigenvalue weighted by molar-refractivity contribution is 0.170. The summed E-state index contributed by atoms with van der Waals surface area (Å²) in [5.74, 6) is 0.819. The van der Waals surface area contributed by atoms with Gasteiger partial charge in [-0.3, -0.25) is 5.32 Å². The van der Waals surface area contributed by atoms with Crippen molar-refractivity contribution in [3.63, 3.8) is 0 Å². The minimum atomic E-state index is -0.649. The summed E-state index contributed by atoms with van der Waals surface area (Å²) in [6, 6.07) is 4.42. The number of ether oxygens (including phenoxy) is 2. The van der Waals surface area contributed by atoms with Crippen LogP contribution in [0.3, 0.4) is 0 Å². The molecule has 0 radical (unpaired) electrons. The summed E-state index contributed by atoms with van der Waals surface area (Å²) >= 11 is 0. The summed E-state index contributed by atoms with van der Waals surface area (Å²) in [5, 5.41) is 2.37. The molecule has 0 saturated carbocycles. The standard InChI is InChI=1S/C10H15N3O3/c1-15-6-3-7-16-9-5-2-4-8(12-9)13-10(11)14/h2,4-5H,3,6-7H2,1H3,(H3,11,12,13,14). The van der Waals surface area contributed by atoms with Crippen LogP contribution in [0, 0.1) is 0 Å². The van der Waals surface area contributed by atoms with E-state index in [-0.39, 0.29) is 0 Å². The van der Waals surface area contributed by atoms with Gasteiger partial charge in [-0.15, -0.1) is 0 Å². The Morgan fingerprint density at radius 1 is 1.50 bits per heavy atom. The number of rotatable bonds is 6. The Kier molecular flexibility index (Phi) is 5.07. The molecule has 2 amide bonds. The fourth-order valence-electron chi connectivity index (χ4n) is 1.07. The van der Waals surface area contributed by atoms with Gasteiger partial charge in [-0.2, -0.15) is 4.98 Å². The number of urea groups is 1. The minimum absolute atomic E-state index is 0.372. The van der Waals surface area contributed by atoms with Crippen molar-refractivity contribution >= 4 is 11.8 Å². The topological polar surface area (TPSA) is 86.5 Å². The van der Waals surface area contributed by atoms with Crippen LogP contribution in [0.15, 0.2) is 18.2 Å². The second-order valence-electron chi connectivity index (χ2n) is 3.05. The first kappa shape index (κ1) is 12.3. The number of carbonyl (C=O) groups excluding carboxylic acids is 1. The second kappa shape index (κ2) is 6.62. The van der Waals surface area contributed by atoms with E-state index in [0.29, 0.717) is 24.9 Å². The molecule has 88 valence electrons. The maximum Gasteiger partial charge on any atom is 0.317 e. The number of nitrogens with one attached hydrogen (secondary N) is 1. The molecule has 6 nitrogen and oxygen atoms in total. The molecule has 1 rings (SSSR count). The minimum Gasteiger partial charge on any atom is -0.478 e. The average molecular weight is 225 g/mol. The number of carbonyl (C=O) groups is 1. The van der Waals surface area contributed by atoms with E-state index in [0.717, 1.165) is 6.42 Å². The Morgan fingerprint density at radius 3 is 3.00 bits per heavy atom. The third kappa shape index (κ3) is 4.61. The first-order valence-corrected chi connectivity index (χ1v) is 4.87. The van der Waals surface area contributed by atoms with Crippen LogP contribution in [0.5, 0.6) is 5.88 Å². The first-order valence-electron chi connectivity index (χ1n) is 4.87. The molecule has 6 heteroatoms. The molecule has 0 aliphatic heterocycles. The van der Waals surface area contributed by atoms with Gasteiger partial charge in [0.1, 0.15) is 5.82 Å². The molecule has 0 saturated heterocycles. The lowest BCUT2D eigenvalue weighted by Crippen LogP contribution is -2.20. The van der Waals surface area contributed by atoms with E-state index in [2.05, 4.69) is 10.3 Å². The van der Waals surface area contributed by atoms with Gasteiger partial charge in [-0.05, 0) is 6.07 Å². The quantitative estimate of drug-likeness (QED) is 0.707. The Balaban J connectivity index is 2.44. The van der Waals surface area contributed by atoms with E-state index in [1.807, 2.05) is 0 Å². The number of nitrogens with zero attached hydrogens (tertiary/aromatic N) is 1. The number of pyridine rings is 1. The lowest BCUT2D eigenvalue weighted by atomic mass is 10.4. The molecule has 3 N–H and O–H groups in total. The number of methoxy groups -OCH3 is 1. The molecule has 1 aromatic rings. The fraction of sp³-hybridized carbons (Fsp3) is 0.400. The molecule has 1 aromatic heterocycles. The number of hydrogen-bond acceptors (Lipinski definition) is 4. The van der Waals surface area contributed by atoms with Gasteiger partial charge >= 0.3 is 6.03 Å². The predicted octanol–water partition coefficient (Wildman–Crippen LogP) is 0.988. The van der Waals surface area contributed by atoms with Crippen molar-refractivity contribution in [2.24, 2.45) is 5.73 Å². The lowest BCUT2D eigenvalue weighted by Gasteiger charge is -2.06. The Morgan fingerprint density at radius 2 is 2.31 bits per heavy atom. The highest BCUT2D eigenvalue weighted by molar-refractivity contribution is 5.86. The van der Waals surface area contributed by atoms with E-state index in [1.54, 1.807) is 25.3 Å². The molecule has 16 heavy (non-hydrogen) atoms. The summed E-state index contributed by atoms with van der Waals surface area (Å²) in [4.78, 5) is 14.6. The normalized spacial score (nSPS) is 9.81. The summed E-state index contributed by atoms with van der Waals surface area (Å²) in [6.07, 6.45) is 0.783. The van der Waals surface area contributed by atoms with E-state index < -0.39 is 6.03 Å². The monoisotopic (exact) mass is 225 g/mol. The highest BCUT2D eigenvalue weighted by atomic mass is 16.5. The number of nitrogens with two attached hydrogens (primary N) is 1. The summed E-state index contributed by atoms with van der Waals surface area (Å²) in [7, 11) is 1.63. The number of anilines is 1. The second-order valence-corrected chi connectivity index (χ2v) is 3.05. The third-order valence-electron chi connectivity index (χ3n) is 1.72. The van der Waals surface area contributed by atoms with Crippen LogP contribution in [-0.2, 0) is 4.74 Å². The maximum absolute atomic E-state index is 10.6. The summed E-state index contributed by atoms with van der Waals surface area (Å²) in [6.45, 7) is 1.15. The summed E-state index contributed by atoms with van der Waals surface area (Å²) < 4.78 is 10.2. The van der Waals surface area contributed by atoms with Crippen LogP contribution in [0.4, 0.5) is 10.6 Å². The summed E-state index contributed by atoms with van der Waals surface area (Å²) in [5.41, 5.74) is 4.97. The molecular formula is C10H15N3O3. The van der Waals surface area contributed by atoms with Gasteiger partial charge in [0.05, 0.1) is 6.61 Å². The number of hydrogen-bond donors (Lipinski definition) is 2. The van der Waals surface area contributed by atoms with Crippen LogP contribution >= 0.6 is 0 Å². The van der Waals surface area contributed by atoms with Crippen LogP contribution in [0.1, 0.15) is 6.42 Å². The van der Waals surface area contributed by atoms with Gasteiger partial charge in [0.25, 0.3) is 0 Å². The Hall–Kier alpha value is -1.82. The zero-order chi connectivity index (χ0) is 11.8. The smallest absolute Gasteiger partial charge is 0.317 e. The van der Waals surface area contributed by atoms with E-state index in [4.69, 9.17) is 15.2 Å². The van der Waals surface area contributed by atoms with Gasteiger partial charge in [-0.25, -0.2) is 4.79 Å². The van der Waals surface area contributed by atoms with Crippen molar-refractivity contribution in [2.75, 3.05) is 25.6 Å². The van der Waals surface area contributed by atoms with Gasteiger partial charge in [0, 0.05) is 26.2 Å². The molecular weight excluding hydrogens is 210 g/mol. The number of primary amides is 1. The zero-order valence-corrected chi connectivity index (χ0v) is 9.10. The number of amides is 2. The van der Waals surface area contributed by atoms with Gasteiger partial charge in [-0.1, -0.05) is 6.07 Å². The molecule has 0 bridgehead atoms. The van der Waals surface area contributed by atoms with Crippen molar-refractivity contribution < 1.29 is 14.3 Å². The maximum atomic E-state index is 10.6. The largest absolute Gasteiger partial charge is 0.478 e. The fourth-order valence-corrected chi connectivity index (χ4v) is 1.07. The van der Waals surface area contributed by atoms with Crippen molar-refractivity contribution in [2.45, 2.75) is 6.42 Å². The molecule has 0 aliphatic rings. The van der Waals surface area contributed by atoms with Crippen molar-refractivity contribution in [1.82, 2.24) is 4.98 Å². The number of aromatic nitrogens is 1. The van der Waals surface area contributed by atoms with Crippen molar-refractivity contribution in [3.05, 3.63) is 18.2 Å². The van der Waals surface area contributed by atoms with Gasteiger partial charge < -0.3 is 15.2 Å². The van der Waals surface area contributed by atoms with Crippen molar-refractivity contribution in [3.8, 4) is 5.88 Å². The Labute approximate surface area is 93.8 Å².